The summed E-state index contributed by atoms with van der Waals surface area (Å²) in [6.45, 7) is 10.3. The smallest absolute Gasteiger partial charge is 0.265 e. The largest absolute Gasteiger partial charge is 0.493 e. The molecule has 0 aliphatic heterocycles. The van der Waals surface area contributed by atoms with Crippen molar-refractivity contribution in [3.63, 3.8) is 0 Å². The number of hydrogen-bond donors (Lipinski definition) is 0. The van der Waals surface area contributed by atoms with Crippen LogP contribution in [0.15, 0.2) is 18.2 Å². The van der Waals surface area contributed by atoms with Gasteiger partial charge < -0.3 is 19.3 Å². The number of hydrogen-bond acceptors (Lipinski definition) is 6. The molecule has 1 aliphatic carbocycles. The van der Waals surface area contributed by atoms with E-state index in [2.05, 4.69) is 16.9 Å². The summed E-state index contributed by atoms with van der Waals surface area (Å²) in [7, 11) is 5.41. The number of benzene rings is 1. The van der Waals surface area contributed by atoms with E-state index in [4.69, 9.17) is 9.47 Å². The summed E-state index contributed by atoms with van der Waals surface area (Å²) < 4.78 is 10.7. The molecule has 0 spiro atoms. The van der Waals surface area contributed by atoms with Gasteiger partial charge in [0.05, 0.1) is 19.9 Å². The number of nitrogens with zero attached hydrogens (tertiary/aromatic N) is 3. The molecule has 1 saturated carbocycles. The van der Waals surface area contributed by atoms with Crippen molar-refractivity contribution in [3.05, 3.63) is 28.8 Å². The van der Waals surface area contributed by atoms with Gasteiger partial charge in [-0.15, -0.1) is 11.3 Å². The van der Waals surface area contributed by atoms with E-state index in [-0.39, 0.29) is 5.91 Å². The van der Waals surface area contributed by atoms with Gasteiger partial charge in [-0.3, -0.25) is 4.79 Å². The van der Waals surface area contributed by atoms with Crippen molar-refractivity contribution >= 4 is 17.2 Å². The molecule has 2 aromatic rings. The molecule has 1 fully saturated rings. The monoisotopic (exact) mass is 461 g/mol. The zero-order valence-electron chi connectivity index (χ0n) is 20.7. The van der Waals surface area contributed by atoms with Gasteiger partial charge in [0.15, 0.2) is 11.5 Å². The zero-order valence-corrected chi connectivity index (χ0v) is 21.6. The van der Waals surface area contributed by atoms with Gasteiger partial charge in [-0.05, 0) is 51.9 Å². The molecule has 0 unspecified atom stereocenters. The third kappa shape index (κ3) is 6.23. The van der Waals surface area contributed by atoms with Crippen LogP contribution in [0.2, 0.25) is 0 Å². The minimum Gasteiger partial charge on any atom is -0.493 e. The van der Waals surface area contributed by atoms with E-state index in [1.54, 1.807) is 14.2 Å². The molecule has 6 nitrogen and oxygen atoms in total. The van der Waals surface area contributed by atoms with E-state index in [0.29, 0.717) is 29.0 Å². The van der Waals surface area contributed by atoms with Crippen molar-refractivity contribution < 1.29 is 14.3 Å². The van der Waals surface area contributed by atoms with Crippen LogP contribution in [0, 0.1) is 6.92 Å². The van der Waals surface area contributed by atoms with Gasteiger partial charge in [0, 0.05) is 31.2 Å². The average Bonchev–Trinajstić information content (AvgIpc) is 3.50. The molecular weight excluding hydrogens is 422 g/mol. The Balaban J connectivity index is 0.00000176. The van der Waals surface area contributed by atoms with E-state index in [1.807, 2.05) is 50.8 Å². The second kappa shape index (κ2) is 12.8. The third-order valence-electron chi connectivity index (χ3n) is 5.96. The highest BCUT2D eigenvalue weighted by Crippen LogP contribution is 2.35. The molecule has 0 radical (unpaired) electrons. The molecule has 32 heavy (non-hydrogen) atoms. The number of amides is 1. The predicted octanol–water partition coefficient (Wildman–Crippen LogP) is 5.50. The highest BCUT2D eigenvalue weighted by atomic mass is 32.1. The topological polar surface area (TPSA) is 54.9 Å². The first-order valence-electron chi connectivity index (χ1n) is 11.7. The Morgan fingerprint density at radius 3 is 2.38 bits per heavy atom. The van der Waals surface area contributed by atoms with Gasteiger partial charge in [-0.2, -0.15) is 0 Å². The second-order valence-electron chi connectivity index (χ2n) is 7.81. The van der Waals surface area contributed by atoms with Gasteiger partial charge in [0.2, 0.25) is 0 Å². The van der Waals surface area contributed by atoms with Gasteiger partial charge in [-0.1, -0.05) is 26.7 Å². The Hall–Kier alpha value is -2.12. The summed E-state index contributed by atoms with van der Waals surface area (Å²) in [6.07, 6.45) is 5.20. The minimum atomic E-state index is 0.0686. The summed E-state index contributed by atoms with van der Waals surface area (Å²) in [5.41, 5.74) is 1.70. The Morgan fingerprint density at radius 2 is 1.78 bits per heavy atom. The number of likely N-dealkylation sites (N-methyl/N-ethyl adjacent to an activating group) is 2. The molecular formula is C25H39N3O3S. The number of carbonyl (C=O) groups is 1. The fourth-order valence-electron chi connectivity index (χ4n) is 4.04. The first-order chi connectivity index (χ1) is 15.5. The lowest BCUT2D eigenvalue weighted by Crippen LogP contribution is -2.40. The van der Waals surface area contributed by atoms with Crippen LogP contribution in [0.25, 0.3) is 10.6 Å². The molecule has 1 amide bonds. The number of methoxy groups -OCH3 is 2. The number of ether oxygens (including phenoxy) is 2. The summed E-state index contributed by atoms with van der Waals surface area (Å²) in [6, 6.07) is 6.38. The summed E-state index contributed by atoms with van der Waals surface area (Å²) in [5.74, 6) is 1.40. The zero-order chi connectivity index (χ0) is 23.7. The fourth-order valence-corrected chi connectivity index (χ4v) is 5.07. The number of thiazole rings is 1. The van der Waals surface area contributed by atoms with Crippen LogP contribution in [0.4, 0.5) is 0 Å². The maximum Gasteiger partial charge on any atom is 0.265 e. The molecule has 1 aliphatic rings. The van der Waals surface area contributed by atoms with Gasteiger partial charge in [0.1, 0.15) is 9.88 Å². The van der Waals surface area contributed by atoms with E-state index in [1.165, 1.54) is 37.0 Å². The number of carbonyl (C=O) groups excluding carboxylic acids is 1. The molecule has 1 aromatic carbocycles. The van der Waals surface area contributed by atoms with E-state index >= 15 is 0 Å². The second-order valence-corrected chi connectivity index (χ2v) is 8.81. The summed E-state index contributed by atoms with van der Waals surface area (Å²) in [4.78, 5) is 23.0. The normalized spacial score (nSPS) is 13.6. The Morgan fingerprint density at radius 1 is 1.12 bits per heavy atom. The maximum absolute atomic E-state index is 13.2. The summed E-state index contributed by atoms with van der Waals surface area (Å²) >= 11 is 1.44. The molecule has 0 saturated heterocycles. The van der Waals surface area contributed by atoms with Crippen molar-refractivity contribution in [2.45, 2.75) is 59.4 Å². The van der Waals surface area contributed by atoms with E-state index < -0.39 is 0 Å². The van der Waals surface area contributed by atoms with Crippen molar-refractivity contribution in [1.82, 2.24) is 14.8 Å². The van der Waals surface area contributed by atoms with Crippen molar-refractivity contribution in [2.75, 3.05) is 40.9 Å². The molecule has 0 atom stereocenters. The lowest BCUT2D eigenvalue weighted by molar-refractivity contribution is 0.0744. The van der Waals surface area contributed by atoms with Gasteiger partial charge in [-0.25, -0.2) is 4.98 Å². The third-order valence-corrected chi connectivity index (χ3v) is 7.16. The Kier molecular flexibility index (Phi) is 10.5. The molecule has 0 bridgehead atoms. The van der Waals surface area contributed by atoms with Crippen molar-refractivity contribution in [1.29, 1.82) is 0 Å². The van der Waals surface area contributed by atoms with Crippen LogP contribution in [-0.4, -0.2) is 67.6 Å². The van der Waals surface area contributed by atoms with Crippen LogP contribution in [-0.2, 0) is 0 Å². The van der Waals surface area contributed by atoms with Crippen molar-refractivity contribution in [3.8, 4) is 22.1 Å². The Labute approximate surface area is 197 Å². The number of aryl methyl sites for hydroxylation is 1. The molecule has 7 heteroatoms. The van der Waals surface area contributed by atoms with Gasteiger partial charge in [0.25, 0.3) is 5.91 Å². The quantitative estimate of drug-likeness (QED) is 0.494. The molecule has 3 rings (SSSR count). The molecule has 1 aromatic heterocycles. The van der Waals surface area contributed by atoms with E-state index in [0.717, 1.165) is 29.4 Å². The first kappa shape index (κ1) is 26.1. The lowest BCUT2D eigenvalue weighted by Gasteiger charge is -2.28. The average molecular weight is 462 g/mol. The minimum absolute atomic E-state index is 0.0686. The SMILES string of the molecule is CC.CCN(CCN(C)C1CCCC1)C(=O)c1sc(-c2ccc(OC)c(OC)c2)nc1C. The summed E-state index contributed by atoms with van der Waals surface area (Å²) in [5, 5.41) is 0.816. The highest BCUT2D eigenvalue weighted by molar-refractivity contribution is 7.17. The lowest BCUT2D eigenvalue weighted by atomic mass is 10.2. The first-order valence-corrected chi connectivity index (χ1v) is 12.5. The van der Waals surface area contributed by atoms with Crippen LogP contribution in [0.5, 0.6) is 11.5 Å². The molecule has 1 heterocycles. The van der Waals surface area contributed by atoms with Gasteiger partial charge >= 0.3 is 0 Å². The predicted molar refractivity (Wildman–Crippen MR) is 133 cm³/mol. The van der Waals surface area contributed by atoms with Crippen molar-refractivity contribution in [2.24, 2.45) is 0 Å². The van der Waals surface area contributed by atoms with Crippen LogP contribution in [0.1, 0.15) is 61.8 Å². The molecule has 0 N–H and O–H groups in total. The van der Waals surface area contributed by atoms with Crippen LogP contribution in [0.3, 0.4) is 0 Å². The Bertz CT molecular complexity index is 862. The van der Waals surface area contributed by atoms with Crippen LogP contribution >= 0.6 is 11.3 Å². The highest BCUT2D eigenvalue weighted by Gasteiger charge is 2.24. The number of aromatic nitrogens is 1. The maximum atomic E-state index is 13.2. The standard InChI is InChI=1S/C23H33N3O3S.C2H6/c1-6-26(14-13-25(3)18-9-7-8-10-18)23(27)21-16(2)24-22(30-21)17-11-12-19(28-4)20(15-17)29-5;1-2/h11-12,15,18H,6-10,13-14H2,1-5H3;1-2H3. The van der Waals surface area contributed by atoms with E-state index in [9.17, 15) is 4.79 Å². The molecule has 178 valence electrons. The fraction of sp³-hybridized carbons (Fsp3) is 0.600. The number of rotatable bonds is 9. The van der Waals surface area contributed by atoms with Crippen LogP contribution < -0.4 is 9.47 Å².